The lowest BCUT2D eigenvalue weighted by Gasteiger charge is -2.40. The molecule has 0 radical (unpaired) electrons. The molecule has 2 rings (SSSR count). The van der Waals surface area contributed by atoms with Gasteiger partial charge in [0.25, 0.3) is 0 Å². The first kappa shape index (κ1) is 18.1. The molecular formula is C15H15BrF3N2OP. The summed E-state index contributed by atoms with van der Waals surface area (Å²) in [6, 6.07) is 3.41. The Balaban J connectivity index is 2.69. The van der Waals surface area contributed by atoms with E-state index < -0.39 is 17.7 Å². The van der Waals surface area contributed by atoms with Crippen molar-refractivity contribution in [3.05, 3.63) is 28.2 Å². The van der Waals surface area contributed by atoms with Gasteiger partial charge in [-0.1, -0.05) is 47.7 Å². The van der Waals surface area contributed by atoms with E-state index >= 15 is 0 Å². The van der Waals surface area contributed by atoms with Crippen LogP contribution in [0.15, 0.2) is 22.7 Å². The van der Waals surface area contributed by atoms with Gasteiger partial charge < -0.3 is 5.32 Å². The summed E-state index contributed by atoms with van der Waals surface area (Å²) < 4.78 is 43.2. The number of rotatable bonds is 1. The molecule has 1 aromatic carbocycles. The molecule has 0 fully saturated rings. The van der Waals surface area contributed by atoms with E-state index in [1.165, 1.54) is 18.2 Å². The minimum Gasteiger partial charge on any atom is -0.309 e. The third-order valence-corrected chi connectivity index (χ3v) is 4.35. The fourth-order valence-corrected chi connectivity index (χ4v) is 2.83. The lowest BCUT2D eigenvalue weighted by atomic mass is 9.86. The number of hydrogen-bond donors (Lipinski definition) is 1. The Morgan fingerprint density at radius 3 is 2.65 bits per heavy atom. The summed E-state index contributed by atoms with van der Waals surface area (Å²) in [5.41, 5.74) is -2.66. The number of hydrogen-bond acceptors (Lipinski definition) is 1. The van der Waals surface area contributed by atoms with Crippen LogP contribution in [0.4, 0.5) is 23.7 Å². The molecule has 0 bridgehead atoms. The predicted molar refractivity (Wildman–Crippen MR) is 89.8 cm³/mol. The van der Waals surface area contributed by atoms with Gasteiger partial charge in [0.1, 0.15) is 0 Å². The zero-order chi connectivity index (χ0) is 17.4. The molecule has 1 aliphatic rings. The molecule has 2 unspecified atom stereocenters. The number of halogens is 4. The van der Waals surface area contributed by atoms with Crippen molar-refractivity contribution >= 4 is 37.0 Å². The van der Waals surface area contributed by atoms with Gasteiger partial charge in [0.15, 0.2) is 0 Å². The summed E-state index contributed by atoms with van der Waals surface area (Å²) in [7, 11) is 2.11. The Morgan fingerprint density at radius 2 is 2.09 bits per heavy atom. The van der Waals surface area contributed by atoms with Gasteiger partial charge >= 0.3 is 12.2 Å². The Bertz CT molecular complexity index is 696. The molecule has 1 aromatic rings. The van der Waals surface area contributed by atoms with Gasteiger partial charge in [-0.15, -0.1) is 0 Å². The molecule has 23 heavy (non-hydrogen) atoms. The normalized spacial score (nSPS) is 20.7. The Morgan fingerprint density at radius 1 is 1.43 bits per heavy atom. The molecule has 0 spiro atoms. The summed E-state index contributed by atoms with van der Waals surface area (Å²) in [6.45, 7) is 3.73. The molecule has 8 heteroatoms. The maximum atomic E-state index is 13.8. The number of carbonyl (C=O) groups excluding carboxylic acids is 1. The quantitative estimate of drug-likeness (QED) is 0.537. The van der Waals surface area contributed by atoms with E-state index in [1.54, 1.807) is 0 Å². The zero-order valence-corrected chi connectivity index (χ0v) is 15.2. The van der Waals surface area contributed by atoms with Crippen LogP contribution in [-0.2, 0) is 5.54 Å². The van der Waals surface area contributed by atoms with Crippen LogP contribution < -0.4 is 9.99 Å². The Labute approximate surface area is 143 Å². The fraction of sp³-hybridized carbons (Fsp3) is 0.400. The smallest absolute Gasteiger partial charge is 0.309 e. The minimum absolute atomic E-state index is 0.0981. The maximum absolute atomic E-state index is 13.8. The molecule has 0 saturated heterocycles. The zero-order valence-electron chi connectivity index (χ0n) is 12.5. The molecule has 1 aliphatic heterocycles. The fourth-order valence-electron chi connectivity index (χ4n) is 2.20. The van der Waals surface area contributed by atoms with Crippen molar-refractivity contribution in [1.82, 2.24) is 5.32 Å². The van der Waals surface area contributed by atoms with E-state index in [1.807, 2.05) is 19.2 Å². The molecule has 0 saturated carbocycles. The van der Waals surface area contributed by atoms with Crippen molar-refractivity contribution in [3.8, 4) is 11.8 Å². The summed E-state index contributed by atoms with van der Waals surface area (Å²) in [5, 5.41) is 2.02. The average Bonchev–Trinajstić information content (AvgIpc) is 2.42. The summed E-state index contributed by atoms with van der Waals surface area (Å²) in [5.74, 6) is 4.98. The standard InChI is InChI=1S/C15H15BrF3N2OP/c1-9(2)4-3-7-14(15(17,18)19)11-6-5-10(16)8-12(11)21(23)13(22)20-14/h5-6,8-9H,4,23H2,1-2H3,(H,20,22). The van der Waals surface area contributed by atoms with Crippen LogP contribution in [0, 0.1) is 17.8 Å². The first-order chi connectivity index (χ1) is 10.6. The first-order valence-corrected chi connectivity index (χ1v) is 8.13. The number of fused-ring (bicyclic) bond motifs is 1. The monoisotopic (exact) mass is 406 g/mol. The second-order valence-electron chi connectivity index (χ2n) is 5.61. The van der Waals surface area contributed by atoms with Crippen LogP contribution in [0.1, 0.15) is 25.8 Å². The van der Waals surface area contributed by atoms with Crippen LogP contribution in [0.5, 0.6) is 0 Å². The Kier molecular flexibility index (Phi) is 4.98. The molecule has 1 heterocycles. The lowest BCUT2D eigenvalue weighted by Crippen LogP contribution is -2.60. The highest BCUT2D eigenvalue weighted by Crippen LogP contribution is 2.46. The van der Waals surface area contributed by atoms with E-state index in [0.29, 0.717) is 10.9 Å². The topological polar surface area (TPSA) is 32.3 Å². The molecular weight excluding hydrogens is 392 g/mol. The van der Waals surface area contributed by atoms with Crippen molar-refractivity contribution in [2.75, 3.05) is 4.67 Å². The van der Waals surface area contributed by atoms with E-state index in [9.17, 15) is 18.0 Å². The number of nitrogens with one attached hydrogen (secondary N) is 1. The predicted octanol–water partition coefficient (Wildman–Crippen LogP) is 4.58. The molecule has 124 valence electrons. The largest absolute Gasteiger partial charge is 0.427 e. The number of anilines is 1. The van der Waals surface area contributed by atoms with Gasteiger partial charge in [0, 0.05) is 16.5 Å². The summed E-state index contributed by atoms with van der Waals surface area (Å²) >= 11 is 3.21. The number of carbonyl (C=O) groups is 1. The van der Waals surface area contributed by atoms with Gasteiger partial charge in [0.05, 0.1) is 5.69 Å². The highest BCUT2D eigenvalue weighted by Gasteiger charge is 2.60. The van der Waals surface area contributed by atoms with Gasteiger partial charge in [-0.25, -0.2) is 4.79 Å². The van der Waals surface area contributed by atoms with Crippen LogP contribution in [0.2, 0.25) is 0 Å². The number of amides is 2. The SMILES string of the molecule is CC(C)CC#CC1(C(F)(F)F)NC(=O)N(P)c2cc(Br)ccc21. The van der Waals surface area contributed by atoms with Crippen molar-refractivity contribution in [2.45, 2.75) is 32.0 Å². The number of urea groups is 1. The number of alkyl halides is 3. The number of benzene rings is 1. The second kappa shape index (κ2) is 6.33. The Hall–Kier alpha value is -1.25. The maximum Gasteiger partial charge on any atom is 0.427 e. The van der Waals surface area contributed by atoms with E-state index in [4.69, 9.17) is 0 Å². The second-order valence-corrected chi connectivity index (χ2v) is 7.04. The van der Waals surface area contributed by atoms with E-state index in [2.05, 4.69) is 37.2 Å². The van der Waals surface area contributed by atoms with Crippen molar-refractivity contribution in [2.24, 2.45) is 5.92 Å². The van der Waals surface area contributed by atoms with Gasteiger partial charge in [-0.3, -0.25) is 4.67 Å². The highest BCUT2D eigenvalue weighted by atomic mass is 79.9. The summed E-state index contributed by atoms with van der Waals surface area (Å²) in [6.07, 6.45) is -4.44. The molecule has 1 N–H and O–H groups in total. The van der Waals surface area contributed by atoms with Crippen molar-refractivity contribution in [1.29, 1.82) is 0 Å². The first-order valence-electron chi connectivity index (χ1n) is 6.82. The van der Waals surface area contributed by atoms with Crippen LogP contribution >= 0.6 is 25.3 Å². The third kappa shape index (κ3) is 3.34. The minimum atomic E-state index is -4.75. The summed E-state index contributed by atoms with van der Waals surface area (Å²) in [4.78, 5) is 12.0. The van der Waals surface area contributed by atoms with Gasteiger partial charge in [-0.2, -0.15) is 13.2 Å². The van der Waals surface area contributed by atoms with Crippen LogP contribution in [-0.4, -0.2) is 12.2 Å². The average molecular weight is 407 g/mol. The molecule has 0 aromatic heterocycles. The third-order valence-electron chi connectivity index (χ3n) is 3.35. The molecule has 0 aliphatic carbocycles. The molecule has 2 atom stereocenters. The highest BCUT2D eigenvalue weighted by molar-refractivity contribution is 9.10. The van der Waals surface area contributed by atoms with Crippen molar-refractivity contribution in [3.63, 3.8) is 0 Å². The van der Waals surface area contributed by atoms with E-state index in [0.717, 1.165) is 4.67 Å². The lowest BCUT2D eigenvalue weighted by molar-refractivity contribution is -0.178. The molecule has 2 amide bonds. The number of nitrogens with zero attached hydrogens (tertiary/aromatic N) is 1. The van der Waals surface area contributed by atoms with Gasteiger partial charge in [-0.05, 0) is 27.4 Å². The van der Waals surface area contributed by atoms with Crippen LogP contribution in [0.25, 0.3) is 0 Å². The van der Waals surface area contributed by atoms with Crippen molar-refractivity contribution < 1.29 is 18.0 Å². The molecule has 3 nitrogen and oxygen atoms in total. The van der Waals surface area contributed by atoms with E-state index in [-0.39, 0.29) is 17.2 Å². The van der Waals surface area contributed by atoms with Crippen LogP contribution in [0.3, 0.4) is 0 Å². The van der Waals surface area contributed by atoms with Gasteiger partial charge in [0.2, 0.25) is 5.54 Å².